The van der Waals surface area contributed by atoms with Crippen LogP contribution in [0, 0.1) is 12.8 Å². The summed E-state index contributed by atoms with van der Waals surface area (Å²) >= 11 is 0. The standard InChI is InChI=1S/C24H27NO3/c1-16-12-20-14-19(8-9-22(20)25-16)21-13-17(7-11-24(26)27)6-10-23(21)28-15-18-4-2-3-5-18/h6,8-10,12-14,18,25H,2-5,7,11,15H2,1H3,(H,26,27). The summed E-state index contributed by atoms with van der Waals surface area (Å²) in [6, 6.07) is 14.6. The predicted octanol–water partition coefficient (Wildman–Crippen LogP) is 5.73. The molecular formula is C24H27NO3. The summed E-state index contributed by atoms with van der Waals surface area (Å²) < 4.78 is 6.25. The average Bonchev–Trinajstić information content (AvgIpc) is 3.32. The third-order valence-corrected chi connectivity index (χ3v) is 5.69. The smallest absolute Gasteiger partial charge is 0.303 e. The zero-order chi connectivity index (χ0) is 19.5. The molecule has 1 aliphatic carbocycles. The molecule has 146 valence electrons. The first-order valence-electron chi connectivity index (χ1n) is 10.2. The molecule has 0 saturated heterocycles. The van der Waals surface area contributed by atoms with E-state index in [9.17, 15) is 4.79 Å². The molecule has 0 aliphatic heterocycles. The van der Waals surface area contributed by atoms with Gasteiger partial charge in [-0.1, -0.05) is 25.0 Å². The molecule has 0 amide bonds. The normalized spacial score (nSPS) is 14.6. The molecule has 1 saturated carbocycles. The Hall–Kier alpha value is -2.75. The van der Waals surface area contributed by atoms with Gasteiger partial charge in [0.2, 0.25) is 0 Å². The van der Waals surface area contributed by atoms with Crippen molar-refractivity contribution >= 4 is 16.9 Å². The average molecular weight is 377 g/mol. The van der Waals surface area contributed by atoms with Gasteiger partial charge in [0.05, 0.1) is 6.61 Å². The first-order chi connectivity index (χ1) is 13.6. The summed E-state index contributed by atoms with van der Waals surface area (Å²) in [5, 5.41) is 10.2. The summed E-state index contributed by atoms with van der Waals surface area (Å²) in [6.45, 7) is 2.81. The number of aliphatic carboxylic acids is 1. The highest BCUT2D eigenvalue weighted by molar-refractivity contribution is 5.87. The van der Waals surface area contributed by atoms with Crippen LogP contribution in [0.5, 0.6) is 5.75 Å². The van der Waals surface area contributed by atoms with Crippen LogP contribution >= 0.6 is 0 Å². The Kier molecular flexibility index (Phi) is 5.38. The highest BCUT2D eigenvalue weighted by Crippen LogP contribution is 2.35. The molecule has 2 N–H and O–H groups in total. The molecule has 4 nitrogen and oxygen atoms in total. The Bertz CT molecular complexity index is 983. The Balaban J connectivity index is 1.66. The third kappa shape index (κ3) is 4.22. The van der Waals surface area contributed by atoms with Crippen LogP contribution in [0.15, 0.2) is 42.5 Å². The highest BCUT2D eigenvalue weighted by atomic mass is 16.5. The maximum absolute atomic E-state index is 11.0. The number of benzene rings is 2. The number of hydrogen-bond acceptors (Lipinski definition) is 2. The molecule has 2 aromatic carbocycles. The van der Waals surface area contributed by atoms with Crippen molar-refractivity contribution in [1.82, 2.24) is 4.98 Å². The minimum Gasteiger partial charge on any atom is -0.493 e. The Morgan fingerprint density at radius 3 is 2.75 bits per heavy atom. The van der Waals surface area contributed by atoms with Crippen LogP contribution in [0.25, 0.3) is 22.0 Å². The van der Waals surface area contributed by atoms with E-state index in [-0.39, 0.29) is 6.42 Å². The molecule has 0 spiro atoms. The number of rotatable bonds is 7. The van der Waals surface area contributed by atoms with Crippen LogP contribution in [-0.4, -0.2) is 22.7 Å². The Morgan fingerprint density at radius 1 is 1.14 bits per heavy atom. The molecule has 1 fully saturated rings. The lowest BCUT2D eigenvalue weighted by Gasteiger charge is -2.16. The molecule has 1 aliphatic rings. The summed E-state index contributed by atoms with van der Waals surface area (Å²) in [6.07, 6.45) is 5.77. The number of hydrogen-bond donors (Lipinski definition) is 2. The number of aromatic nitrogens is 1. The Labute approximate surface area is 165 Å². The molecule has 4 rings (SSSR count). The topological polar surface area (TPSA) is 62.3 Å². The number of aromatic amines is 1. The summed E-state index contributed by atoms with van der Waals surface area (Å²) in [7, 11) is 0. The molecule has 4 heteroatoms. The fourth-order valence-corrected chi connectivity index (χ4v) is 4.17. The first-order valence-corrected chi connectivity index (χ1v) is 10.2. The van der Waals surface area contributed by atoms with Gasteiger partial charge in [-0.15, -0.1) is 0 Å². The number of fused-ring (bicyclic) bond motifs is 1. The monoisotopic (exact) mass is 377 g/mol. The number of nitrogens with one attached hydrogen (secondary N) is 1. The lowest BCUT2D eigenvalue weighted by Crippen LogP contribution is -2.09. The fraction of sp³-hybridized carbons (Fsp3) is 0.375. The van der Waals surface area contributed by atoms with Crippen molar-refractivity contribution in [2.75, 3.05) is 6.61 Å². The van der Waals surface area contributed by atoms with E-state index < -0.39 is 5.97 Å². The van der Waals surface area contributed by atoms with Crippen LogP contribution in [-0.2, 0) is 11.2 Å². The number of carbonyl (C=O) groups is 1. The maximum Gasteiger partial charge on any atom is 0.303 e. The lowest BCUT2D eigenvalue weighted by molar-refractivity contribution is -0.136. The van der Waals surface area contributed by atoms with Gasteiger partial charge in [-0.3, -0.25) is 4.79 Å². The van der Waals surface area contributed by atoms with Gasteiger partial charge >= 0.3 is 5.97 Å². The molecule has 0 bridgehead atoms. The second kappa shape index (κ2) is 8.09. The molecule has 0 unspecified atom stereocenters. The SMILES string of the molecule is Cc1cc2cc(-c3cc(CCC(=O)O)ccc3OCC3CCCC3)ccc2[nH]1. The van der Waals surface area contributed by atoms with Gasteiger partial charge < -0.3 is 14.8 Å². The van der Waals surface area contributed by atoms with Crippen molar-refractivity contribution in [3.8, 4) is 16.9 Å². The Morgan fingerprint density at radius 2 is 1.96 bits per heavy atom. The number of carboxylic acids is 1. The number of H-pyrrole nitrogens is 1. The summed E-state index contributed by atoms with van der Waals surface area (Å²) in [5.41, 5.74) is 5.43. The van der Waals surface area contributed by atoms with Gasteiger partial charge in [0.15, 0.2) is 0 Å². The summed E-state index contributed by atoms with van der Waals surface area (Å²) in [5.74, 6) is 0.763. The fourth-order valence-electron chi connectivity index (χ4n) is 4.17. The van der Waals surface area contributed by atoms with Gasteiger partial charge in [-0.2, -0.15) is 0 Å². The molecule has 0 atom stereocenters. The van der Waals surface area contributed by atoms with E-state index >= 15 is 0 Å². The zero-order valence-electron chi connectivity index (χ0n) is 16.3. The van der Waals surface area contributed by atoms with Crippen LogP contribution in [0.2, 0.25) is 0 Å². The van der Waals surface area contributed by atoms with Crippen LogP contribution < -0.4 is 4.74 Å². The number of ether oxygens (including phenoxy) is 1. The minimum atomic E-state index is -0.771. The number of carboxylic acid groups (broad SMARTS) is 1. The third-order valence-electron chi connectivity index (χ3n) is 5.69. The first kappa shape index (κ1) is 18.6. The molecule has 1 aromatic heterocycles. The number of aryl methyl sites for hydroxylation is 2. The van der Waals surface area contributed by atoms with Crippen molar-refractivity contribution in [2.24, 2.45) is 5.92 Å². The highest BCUT2D eigenvalue weighted by Gasteiger charge is 2.17. The van der Waals surface area contributed by atoms with Crippen molar-refractivity contribution in [3.05, 3.63) is 53.7 Å². The van der Waals surface area contributed by atoms with Crippen LogP contribution in [0.3, 0.4) is 0 Å². The van der Waals surface area contributed by atoms with Crippen LogP contribution in [0.1, 0.15) is 43.4 Å². The van der Waals surface area contributed by atoms with E-state index in [1.165, 1.54) is 31.1 Å². The predicted molar refractivity (Wildman–Crippen MR) is 112 cm³/mol. The van der Waals surface area contributed by atoms with Gasteiger partial charge in [0.25, 0.3) is 0 Å². The van der Waals surface area contributed by atoms with Crippen molar-refractivity contribution in [1.29, 1.82) is 0 Å². The maximum atomic E-state index is 11.0. The molecule has 28 heavy (non-hydrogen) atoms. The van der Waals surface area contributed by atoms with E-state index in [0.29, 0.717) is 12.3 Å². The van der Waals surface area contributed by atoms with E-state index in [1.807, 2.05) is 12.1 Å². The molecule has 0 radical (unpaired) electrons. The van der Waals surface area contributed by atoms with Crippen molar-refractivity contribution in [3.63, 3.8) is 0 Å². The van der Waals surface area contributed by atoms with E-state index in [1.54, 1.807) is 0 Å². The van der Waals surface area contributed by atoms with Gasteiger partial charge in [0.1, 0.15) is 5.75 Å². The van der Waals surface area contributed by atoms with E-state index in [0.717, 1.165) is 40.3 Å². The van der Waals surface area contributed by atoms with Gasteiger partial charge in [-0.05, 0) is 73.6 Å². The van der Waals surface area contributed by atoms with Crippen LogP contribution in [0.4, 0.5) is 0 Å². The minimum absolute atomic E-state index is 0.137. The van der Waals surface area contributed by atoms with Crippen molar-refractivity contribution in [2.45, 2.75) is 45.4 Å². The second-order valence-corrected chi connectivity index (χ2v) is 7.94. The largest absolute Gasteiger partial charge is 0.493 e. The van der Waals surface area contributed by atoms with Gasteiger partial charge in [0, 0.05) is 28.6 Å². The second-order valence-electron chi connectivity index (χ2n) is 7.94. The van der Waals surface area contributed by atoms with Gasteiger partial charge in [-0.25, -0.2) is 0 Å². The molecule has 3 aromatic rings. The van der Waals surface area contributed by atoms with E-state index in [2.05, 4.69) is 42.2 Å². The van der Waals surface area contributed by atoms with Crippen molar-refractivity contribution < 1.29 is 14.6 Å². The molecular weight excluding hydrogens is 350 g/mol. The zero-order valence-corrected chi connectivity index (χ0v) is 16.3. The summed E-state index contributed by atoms with van der Waals surface area (Å²) in [4.78, 5) is 14.3. The van der Waals surface area contributed by atoms with E-state index in [4.69, 9.17) is 9.84 Å². The molecule has 1 heterocycles. The quantitative estimate of drug-likeness (QED) is 0.553. The lowest BCUT2D eigenvalue weighted by atomic mass is 9.98.